The van der Waals surface area contributed by atoms with Gasteiger partial charge < -0.3 is 29.3 Å². The Morgan fingerprint density at radius 2 is 2.04 bits per heavy atom. The predicted octanol–water partition coefficient (Wildman–Crippen LogP) is 4.03. The van der Waals surface area contributed by atoms with E-state index >= 15 is 0 Å². The Bertz CT molecular complexity index is 1560. The maximum absolute atomic E-state index is 13.8. The lowest BCUT2D eigenvalue weighted by Gasteiger charge is -2.29. The van der Waals surface area contributed by atoms with Crippen LogP contribution in [0.4, 0.5) is 0 Å². The molecule has 1 aliphatic heterocycles. The van der Waals surface area contributed by atoms with Crippen LogP contribution in [0, 0.1) is 25.2 Å². The second kappa shape index (κ2) is 14.3. The van der Waals surface area contributed by atoms with Crippen molar-refractivity contribution in [1.29, 1.82) is 0 Å². The molecule has 2 N–H and O–H groups in total. The van der Waals surface area contributed by atoms with Crippen molar-refractivity contribution in [1.82, 2.24) is 20.4 Å². The van der Waals surface area contributed by atoms with Gasteiger partial charge in [0.2, 0.25) is 11.8 Å². The van der Waals surface area contributed by atoms with Crippen molar-refractivity contribution in [2.75, 3.05) is 13.2 Å². The molecule has 12 heteroatoms. The Balaban J connectivity index is 1.32. The number of thiazole rings is 1. The Morgan fingerprint density at radius 3 is 2.73 bits per heavy atom. The summed E-state index contributed by atoms with van der Waals surface area (Å²) in [5.74, 6) is 2.04. The molecule has 1 aliphatic carbocycles. The van der Waals surface area contributed by atoms with Gasteiger partial charge in [0.25, 0.3) is 5.88 Å². The number of benzene rings is 1. The fraction of sp³-hybridized carbons (Fsp3) is 0.485. The number of hydrogen-bond donors (Lipinski definition) is 2. The third-order valence-electron chi connectivity index (χ3n) is 8.23. The number of Topliss-reactive ketones (excluding diaryl/α,β-unsaturated/α-hetero) is 1. The molecule has 238 valence electrons. The van der Waals surface area contributed by atoms with Gasteiger partial charge in [0, 0.05) is 44.0 Å². The third-order valence-corrected chi connectivity index (χ3v) is 9.20. The molecular weight excluding hydrogens is 596 g/mol. The molecular formula is C33H38N4O7S. The van der Waals surface area contributed by atoms with Gasteiger partial charge in [-0.2, -0.15) is 0 Å². The first-order valence-corrected chi connectivity index (χ1v) is 16.0. The van der Waals surface area contributed by atoms with Crippen LogP contribution in [0.1, 0.15) is 68.9 Å². The molecule has 2 amide bonds. The quantitative estimate of drug-likeness (QED) is 0.299. The smallest absolute Gasteiger partial charge is 0.255 e. The third kappa shape index (κ3) is 7.54. The fourth-order valence-corrected chi connectivity index (χ4v) is 6.67. The second-order valence-electron chi connectivity index (χ2n) is 11.8. The summed E-state index contributed by atoms with van der Waals surface area (Å²) in [7, 11) is 0. The predicted molar refractivity (Wildman–Crippen MR) is 167 cm³/mol. The Kier molecular flexibility index (Phi) is 10.2. The number of terminal acetylenes is 1. The molecule has 3 heterocycles. The maximum Gasteiger partial charge on any atom is 0.255 e. The number of ether oxygens (including phenoxy) is 2. The van der Waals surface area contributed by atoms with E-state index < -0.39 is 18.1 Å². The number of nitrogens with zero attached hydrogens (tertiary/aromatic N) is 3. The second-order valence-corrected chi connectivity index (χ2v) is 12.7. The van der Waals surface area contributed by atoms with Gasteiger partial charge in [0.15, 0.2) is 12.4 Å². The summed E-state index contributed by atoms with van der Waals surface area (Å²) in [6.45, 7) is 5.88. The van der Waals surface area contributed by atoms with Crippen LogP contribution in [0.2, 0.25) is 0 Å². The average Bonchev–Trinajstić information content (AvgIpc) is 3.76. The van der Waals surface area contributed by atoms with E-state index in [1.54, 1.807) is 16.8 Å². The number of aromatic nitrogens is 2. The number of rotatable bonds is 11. The molecule has 1 aromatic carbocycles. The molecule has 5 rings (SSSR count). The molecule has 2 unspecified atom stereocenters. The summed E-state index contributed by atoms with van der Waals surface area (Å²) in [6, 6.07) is 6.51. The van der Waals surface area contributed by atoms with Crippen molar-refractivity contribution < 1.29 is 33.5 Å². The van der Waals surface area contributed by atoms with Gasteiger partial charge in [-0.1, -0.05) is 31.9 Å². The van der Waals surface area contributed by atoms with Gasteiger partial charge in [-0.15, -0.1) is 17.8 Å². The molecule has 0 spiro atoms. The number of aliphatic hydroxyl groups excluding tert-OH is 1. The van der Waals surface area contributed by atoms with Crippen molar-refractivity contribution in [3.63, 3.8) is 0 Å². The number of likely N-dealkylation sites (tertiary alicyclic amines) is 1. The minimum absolute atomic E-state index is 0.00746. The highest BCUT2D eigenvalue weighted by molar-refractivity contribution is 7.13. The molecule has 2 aliphatic rings. The largest absolute Gasteiger partial charge is 0.490 e. The van der Waals surface area contributed by atoms with E-state index in [2.05, 4.69) is 21.4 Å². The highest BCUT2D eigenvalue weighted by Crippen LogP contribution is 2.35. The highest BCUT2D eigenvalue weighted by atomic mass is 32.1. The van der Waals surface area contributed by atoms with Crippen LogP contribution in [-0.2, 0) is 20.9 Å². The normalized spacial score (nSPS) is 19.4. The first kappa shape index (κ1) is 32.2. The van der Waals surface area contributed by atoms with Crippen LogP contribution < -0.4 is 14.8 Å². The minimum Gasteiger partial charge on any atom is -0.490 e. The molecule has 2 aromatic heterocycles. The number of carbonyl (C=O) groups is 3. The lowest BCUT2D eigenvalue weighted by molar-refractivity contribution is -0.141. The van der Waals surface area contributed by atoms with Crippen LogP contribution in [0.5, 0.6) is 11.6 Å². The summed E-state index contributed by atoms with van der Waals surface area (Å²) < 4.78 is 17.2. The standard InChI is InChI=1S/C33H38N4O7S/c1-5-12-42-29-15-28(44-36-29)30(19(2)3)33(41)37-17-24(39)14-26(37)32(40)34-16-22-7-6-21(31-20(4)35-18-45-31)13-27(22)43-25-10-8-23(38)9-11-25/h1,6-7,13,15,18-19,24-26,30,39H,8-12,14,16-17H2,2-4H3,(H,34,40)/t24?,26-,30?/m0/s1. The van der Waals surface area contributed by atoms with Gasteiger partial charge in [0.1, 0.15) is 23.5 Å². The topological polar surface area (TPSA) is 144 Å². The zero-order chi connectivity index (χ0) is 32.1. The van der Waals surface area contributed by atoms with Crippen LogP contribution in [0.15, 0.2) is 34.3 Å². The number of nitrogens with one attached hydrogen (secondary N) is 1. The molecule has 11 nitrogen and oxygen atoms in total. The van der Waals surface area contributed by atoms with Crippen molar-refractivity contribution in [3.05, 3.63) is 46.8 Å². The molecule has 1 saturated carbocycles. The Labute approximate surface area is 266 Å². The molecule has 3 aromatic rings. The number of aliphatic hydroxyl groups is 1. The van der Waals surface area contributed by atoms with Crippen molar-refractivity contribution in [2.45, 2.75) is 83.6 Å². The fourth-order valence-electron chi connectivity index (χ4n) is 5.86. The Morgan fingerprint density at radius 1 is 1.27 bits per heavy atom. The molecule has 0 radical (unpaired) electrons. The lowest BCUT2D eigenvalue weighted by Crippen LogP contribution is -2.48. The highest BCUT2D eigenvalue weighted by Gasteiger charge is 2.43. The number of hydrogen-bond acceptors (Lipinski definition) is 10. The first-order chi connectivity index (χ1) is 21.6. The van der Waals surface area contributed by atoms with Crippen LogP contribution in [-0.4, -0.2) is 69.1 Å². The SMILES string of the molecule is C#CCOc1cc(C(C(=O)N2CC(O)C[C@H]2C(=O)NCc2ccc(-c3scnc3C)cc2OC2CCC(=O)CC2)C(C)C)on1. The van der Waals surface area contributed by atoms with E-state index in [-0.39, 0.29) is 61.6 Å². The molecule has 45 heavy (non-hydrogen) atoms. The van der Waals surface area contributed by atoms with Gasteiger partial charge in [0.05, 0.1) is 28.3 Å². The summed E-state index contributed by atoms with van der Waals surface area (Å²) in [5, 5.41) is 17.4. The summed E-state index contributed by atoms with van der Waals surface area (Å²) in [4.78, 5) is 46.1. The van der Waals surface area contributed by atoms with E-state index in [1.165, 1.54) is 11.0 Å². The summed E-state index contributed by atoms with van der Waals surface area (Å²) in [5.41, 5.74) is 4.44. The van der Waals surface area contributed by atoms with E-state index in [0.29, 0.717) is 37.2 Å². The van der Waals surface area contributed by atoms with Crippen LogP contribution in [0.25, 0.3) is 10.4 Å². The van der Waals surface area contributed by atoms with Gasteiger partial charge in [-0.05, 0) is 42.5 Å². The number of aryl methyl sites for hydroxylation is 1. The van der Waals surface area contributed by atoms with Gasteiger partial charge in [-0.3, -0.25) is 14.4 Å². The number of β-amino-alcohol motifs (C(OH)–C–C–N with tert-alkyl or cyclic N) is 1. The number of amides is 2. The average molecular weight is 635 g/mol. The van der Waals surface area contributed by atoms with Crippen molar-refractivity contribution in [3.8, 4) is 34.4 Å². The molecule has 3 atom stereocenters. The van der Waals surface area contributed by atoms with Crippen molar-refractivity contribution in [2.24, 2.45) is 5.92 Å². The molecule has 1 saturated heterocycles. The van der Waals surface area contributed by atoms with Crippen LogP contribution >= 0.6 is 11.3 Å². The summed E-state index contributed by atoms with van der Waals surface area (Å²) >= 11 is 1.54. The first-order valence-electron chi connectivity index (χ1n) is 15.2. The van der Waals surface area contributed by atoms with Gasteiger partial charge in [-0.25, -0.2) is 4.98 Å². The number of carbonyl (C=O) groups excluding carboxylic acids is 3. The zero-order valence-electron chi connectivity index (χ0n) is 25.7. The van der Waals surface area contributed by atoms with E-state index in [0.717, 1.165) is 21.7 Å². The van der Waals surface area contributed by atoms with Crippen molar-refractivity contribution >= 4 is 28.9 Å². The van der Waals surface area contributed by atoms with Gasteiger partial charge >= 0.3 is 0 Å². The van der Waals surface area contributed by atoms with E-state index in [4.69, 9.17) is 20.4 Å². The minimum atomic E-state index is -0.873. The van der Waals surface area contributed by atoms with E-state index in [9.17, 15) is 19.5 Å². The molecule has 0 bridgehead atoms. The van der Waals surface area contributed by atoms with Crippen LogP contribution in [0.3, 0.4) is 0 Å². The summed E-state index contributed by atoms with van der Waals surface area (Å²) in [6.07, 6.45) is 6.67. The zero-order valence-corrected chi connectivity index (χ0v) is 26.5. The number of ketones is 1. The Hall–Kier alpha value is -4.21. The monoisotopic (exact) mass is 634 g/mol. The maximum atomic E-state index is 13.8. The molecule has 2 fully saturated rings. The van der Waals surface area contributed by atoms with E-state index in [1.807, 2.05) is 39.0 Å². The lowest BCUT2D eigenvalue weighted by atomic mass is 9.91.